The van der Waals surface area contributed by atoms with Gasteiger partial charge in [-0.25, -0.2) is 4.98 Å². The molecule has 1 saturated heterocycles. The summed E-state index contributed by atoms with van der Waals surface area (Å²) in [5.74, 6) is 0.420. The van der Waals surface area contributed by atoms with Gasteiger partial charge in [-0.15, -0.1) is 0 Å². The van der Waals surface area contributed by atoms with Crippen LogP contribution in [0.3, 0.4) is 0 Å². The number of aromatic hydroxyl groups is 1. The van der Waals surface area contributed by atoms with Crippen molar-refractivity contribution < 1.29 is 14.6 Å². The Kier molecular flexibility index (Phi) is 4.89. The van der Waals surface area contributed by atoms with Gasteiger partial charge in [-0.1, -0.05) is 0 Å². The number of nitrogens with one attached hydrogen (secondary N) is 1. The number of rotatable bonds is 5. The predicted octanol–water partition coefficient (Wildman–Crippen LogP) is 0.725. The van der Waals surface area contributed by atoms with Crippen LogP contribution in [0.2, 0.25) is 0 Å². The number of aryl methyl sites for hydroxylation is 2. The van der Waals surface area contributed by atoms with Crippen LogP contribution < -0.4 is 10.9 Å². The van der Waals surface area contributed by atoms with E-state index in [-0.39, 0.29) is 30.3 Å². The van der Waals surface area contributed by atoms with Gasteiger partial charge < -0.3 is 24.3 Å². The molecule has 0 aromatic carbocycles. The molecule has 3 rings (SSSR count). The van der Waals surface area contributed by atoms with Crippen molar-refractivity contribution in [2.24, 2.45) is 0 Å². The third kappa shape index (κ3) is 3.58. The minimum absolute atomic E-state index is 0.101. The maximum absolute atomic E-state index is 12.4. The zero-order valence-corrected chi connectivity index (χ0v) is 14.3. The van der Waals surface area contributed by atoms with Crippen LogP contribution in [0.25, 0.3) is 0 Å². The number of imidazole rings is 1. The first-order valence-corrected chi connectivity index (χ1v) is 8.32. The first-order valence-electron chi connectivity index (χ1n) is 8.32. The van der Waals surface area contributed by atoms with Crippen molar-refractivity contribution in [3.05, 3.63) is 46.4 Å². The molecule has 2 aromatic rings. The lowest BCUT2D eigenvalue weighted by molar-refractivity contribution is -0.122. The van der Waals surface area contributed by atoms with E-state index in [0.717, 1.165) is 18.4 Å². The minimum atomic E-state index is -0.409. The number of pyridine rings is 1. The lowest BCUT2D eigenvalue weighted by Crippen LogP contribution is -2.41. The number of carbonyl (C=O) groups excluding carboxylic acids is 1. The zero-order chi connectivity index (χ0) is 18.0. The molecular weight excluding hydrogens is 324 g/mol. The molecule has 1 amide bonds. The van der Waals surface area contributed by atoms with Crippen molar-refractivity contribution in [2.75, 3.05) is 6.61 Å². The summed E-state index contributed by atoms with van der Waals surface area (Å²) in [6.07, 6.45) is 4.00. The Hall–Kier alpha value is -2.61. The number of hydrogen-bond acceptors (Lipinski definition) is 5. The monoisotopic (exact) mass is 346 g/mol. The van der Waals surface area contributed by atoms with Crippen LogP contribution in [0.5, 0.6) is 5.75 Å². The highest BCUT2D eigenvalue weighted by Crippen LogP contribution is 2.28. The fourth-order valence-corrected chi connectivity index (χ4v) is 3.15. The molecule has 0 unspecified atom stereocenters. The lowest BCUT2D eigenvalue weighted by atomic mass is 10.1. The Bertz CT molecular complexity index is 826. The summed E-state index contributed by atoms with van der Waals surface area (Å²) in [5, 5.41) is 12.4. The summed E-state index contributed by atoms with van der Waals surface area (Å²) < 4.78 is 9.08. The molecule has 8 heteroatoms. The largest absolute Gasteiger partial charge is 0.508 e. The van der Waals surface area contributed by atoms with Crippen molar-refractivity contribution in [3.63, 3.8) is 0 Å². The van der Waals surface area contributed by atoms with Gasteiger partial charge in [-0.05, 0) is 26.3 Å². The zero-order valence-electron chi connectivity index (χ0n) is 14.3. The highest BCUT2D eigenvalue weighted by molar-refractivity contribution is 5.76. The molecule has 0 aliphatic carbocycles. The van der Waals surface area contributed by atoms with E-state index >= 15 is 0 Å². The van der Waals surface area contributed by atoms with Crippen molar-refractivity contribution in [1.29, 1.82) is 0 Å². The second kappa shape index (κ2) is 7.10. The Labute approximate surface area is 145 Å². The number of amides is 1. The quantitative estimate of drug-likeness (QED) is 0.831. The molecule has 0 spiro atoms. The number of ether oxygens (including phenoxy) is 1. The molecule has 8 nitrogen and oxygen atoms in total. The van der Waals surface area contributed by atoms with Crippen LogP contribution in [-0.4, -0.2) is 37.8 Å². The Morgan fingerprint density at radius 3 is 3.00 bits per heavy atom. The van der Waals surface area contributed by atoms with Crippen LogP contribution in [0.1, 0.15) is 31.0 Å². The summed E-state index contributed by atoms with van der Waals surface area (Å²) >= 11 is 0. The van der Waals surface area contributed by atoms with Gasteiger partial charge in [0.05, 0.1) is 6.04 Å². The molecule has 2 N–H and O–H groups in total. The molecule has 1 aliphatic rings. The number of nitrogens with zero attached hydrogens (tertiary/aromatic N) is 3. The summed E-state index contributed by atoms with van der Waals surface area (Å²) in [4.78, 5) is 28.7. The topological polar surface area (TPSA) is 98.4 Å². The molecular formula is C17H22N4O4. The van der Waals surface area contributed by atoms with Gasteiger partial charge in [0.1, 0.15) is 24.2 Å². The van der Waals surface area contributed by atoms with Gasteiger partial charge in [0.15, 0.2) is 0 Å². The van der Waals surface area contributed by atoms with Crippen molar-refractivity contribution in [3.8, 4) is 5.75 Å². The van der Waals surface area contributed by atoms with Crippen LogP contribution in [-0.2, 0) is 22.6 Å². The fourth-order valence-electron chi connectivity index (χ4n) is 3.15. The van der Waals surface area contributed by atoms with E-state index in [1.165, 1.54) is 10.6 Å². The van der Waals surface area contributed by atoms with E-state index in [1.807, 2.05) is 17.7 Å². The second-order valence-electron chi connectivity index (χ2n) is 6.10. The standard InChI is InChI=1S/C17H22N4O4/c1-3-20-6-5-18-17(20)16-13(4-7-25-16)19-14(23)10-21-11(2)8-12(22)9-15(21)24/h5-6,8-9,13,16,22H,3-4,7,10H2,1-2H3,(H,19,23)/t13-,16-/m0/s1. The Morgan fingerprint density at radius 2 is 2.28 bits per heavy atom. The van der Waals surface area contributed by atoms with Crippen molar-refractivity contribution in [2.45, 2.75) is 45.5 Å². The van der Waals surface area contributed by atoms with E-state index < -0.39 is 5.56 Å². The Morgan fingerprint density at radius 1 is 1.48 bits per heavy atom. The molecule has 134 valence electrons. The number of carbonyl (C=O) groups is 1. The first kappa shape index (κ1) is 17.2. The van der Waals surface area contributed by atoms with Crippen molar-refractivity contribution >= 4 is 5.91 Å². The Balaban J connectivity index is 1.71. The number of aromatic nitrogens is 3. The van der Waals surface area contributed by atoms with Gasteiger partial charge >= 0.3 is 0 Å². The summed E-state index contributed by atoms with van der Waals surface area (Å²) in [5.41, 5.74) is 0.120. The maximum Gasteiger partial charge on any atom is 0.254 e. The molecule has 25 heavy (non-hydrogen) atoms. The number of hydrogen-bond donors (Lipinski definition) is 2. The van der Waals surface area contributed by atoms with Crippen LogP contribution in [0.15, 0.2) is 29.3 Å². The molecule has 0 radical (unpaired) electrons. The van der Waals surface area contributed by atoms with Gasteiger partial charge in [0, 0.05) is 37.3 Å². The molecule has 2 atom stereocenters. The lowest BCUT2D eigenvalue weighted by Gasteiger charge is -2.21. The maximum atomic E-state index is 12.4. The van der Waals surface area contributed by atoms with E-state index in [0.29, 0.717) is 18.7 Å². The normalized spacial score (nSPS) is 19.9. The average molecular weight is 346 g/mol. The molecule has 2 aromatic heterocycles. The minimum Gasteiger partial charge on any atom is -0.508 e. The van der Waals surface area contributed by atoms with E-state index in [1.54, 1.807) is 13.1 Å². The van der Waals surface area contributed by atoms with Gasteiger partial charge in [0.2, 0.25) is 5.91 Å². The predicted molar refractivity (Wildman–Crippen MR) is 90.2 cm³/mol. The molecule has 0 saturated carbocycles. The second-order valence-corrected chi connectivity index (χ2v) is 6.10. The third-order valence-corrected chi connectivity index (χ3v) is 4.40. The van der Waals surface area contributed by atoms with E-state index in [4.69, 9.17) is 4.74 Å². The summed E-state index contributed by atoms with van der Waals surface area (Å²) in [6.45, 7) is 4.92. The molecule has 1 fully saturated rings. The smallest absolute Gasteiger partial charge is 0.254 e. The van der Waals surface area contributed by atoms with Crippen LogP contribution in [0, 0.1) is 6.92 Å². The van der Waals surface area contributed by atoms with Gasteiger partial charge in [0.25, 0.3) is 5.56 Å². The highest BCUT2D eigenvalue weighted by Gasteiger charge is 2.33. The van der Waals surface area contributed by atoms with E-state index in [2.05, 4.69) is 10.3 Å². The van der Waals surface area contributed by atoms with Crippen molar-refractivity contribution in [1.82, 2.24) is 19.4 Å². The third-order valence-electron chi connectivity index (χ3n) is 4.40. The van der Waals surface area contributed by atoms with Crippen LogP contribution in [0.4, 0.5) is 0 Å². The van der Waals surface area contributed by atoms with Gasteiger partial charge in [-0.3, -0.25) is 9.59 Å². The van der Waals surface area contributed by atoms with E-state index in [9.17, 15) is 14.7 Å². The van der Waals surface area contributed by atoms with Crippen LogP contribution >= 0.6 is 0 Å². The highest BCUT2D eigenvalue weighted by atomic mass is 16.5. The fraction of sp³-hybridized carbons (Fsp3) is 0.471. The molecule has 0 bridgehead atoms. The average Bonchev–Trinajstić information content (AvgIpc) is 3.18. The van der Waals surface area contributed by atoms with Gasteiger partial charge in [-0.2, -0.15) is 0 Å². The molecule has 1 aliphatic heterocycles. The summed E-state index contributed by atoms with van der Waals surface area (Å²) in [6, 6.07) is 2.36. The summed E-state index contributed by atoms with van der Waals surface area (Å²) in [7, 11) is 0. The SMILES string of the molecule is CCn1ccnc1[C@H]1OCC[C@@H]1NC(=O)Cn1c(C)cc(O)cc1=O. The molecule has 3 heterocycles. The first-order chi connectivity index (χ1) is 12.0.